The predicted molar refractivity (Wildman–Crippen MR) is 57.9 cm³/mol. The van der Waals surface area contributed by atoms with E-state index in [-0.39, 0.29) is 11.9 Å². The number of rotatable bonds is 6. The molecule has 6 heteroatoms. The van der Waals surface area contributed by atoms with Gasteiger partial charge in [0.05, 0.1) is 0 Å². The molecule has 1 aromatic heterocycles. The fraction of sp³-hybridized carbons (Fsp3) is 0.667. The van der Waals surface area contributed by atoms with E-state index in [4.69, 9.17) is 0 Å². The molecule has 0 aliphatic rings. The number of hydrogen-bond donors (Lipinski definition) is 2. The van der Waals surface area contributed by atoms with Gasteiger partial charge in [-0.1, -0.05) is 24.9 Å². The maximum absolute atomic E-state index is 10.6. The summed E-state index contributed by atoms with van der Waals surface area (Å²) in [4.78, 5) is 10.1. The molecule has 0 bridgehead atoms. The molecular formula is C9H16N4O2. The van der Waals surface area contributed by atoms with Gasteiger partial charge in [-0.3, -0.25) is 0 Å². The summed E-state index contributed by atoms with van der Waals surface area (Å²) >= 11 is 0. The lowest BCUT2D eigenvalue weighted by Gasteiger charge is -2.12. The highest BCUT2D eigenvalue weighted by molar-refractivity contribution is 5.55. The molecule has 0 radical (unpaired) electrons. The first-order valence-corrected chi connectivity index (χ1v) is 5.09. The molecule has 0 amide bonds. The number of aromatic amines is 1. The number of anilines is 1. The van der Waals surface area contributed by atoms with E-state index >= 15 is 0 Å². The van der Waals surface area contributed by atoms with Crippen LogP contribution in [-0.2, 0) is 0 Å². The van der Waals surface area contributed by atoms with Crippen LogP contribution in [-0.4, -0.2) is 21.2 Å². The Balaban J connectivity index is 2.56. The second-order valence-corrected chi connectivity index (χ2v) is 3.58. The Labute approximate surface area is 88.2 Å². The molecule has 1 unspecified atom stereocenters. The smallest absolute Gasteiger partial charge is 0.366 e. The van der Waals surface area contributed by atoms with Crippen LogP contribution in [0.3, 0.4) is 0 Å². The summed E-state index contributed by atoms with van der Waals surface area (Å²) in [6, 6.07) is 0.223. The van der Waals surface area contributed by atoms with Gasteiger partial charge < -0.3 is 15.4 Å². The third-order valence-electron chi connectivity index (χ3n) is 2.19. The van der Waals surface area contributed by atoms with Crippen molar-refractivity contribution in [1.82, 2.24) is 10.2 Å². The quantitative estimate of drug-likeness (QED) is 0.559. The lowest BCUT2D eigenvalue weighted by atomic mass is 10.1. The van der Waals surface area contributed by atoms with Crippen molar-refractivity contribution in [2.24, 2.45) is 0 Å². The van der Waals surface area contributed by atoms with E-state index in [1.807, 2.05) is 6.92 Å². The van der Waals surface area contributed by atoms with E-state index < -0.39 is 4.92 Å². The Hall–Kier alpha value is -1.59. The second-order valence-electron chi connectivity index (χ2n) is 3.58. The molecule has 0 saturated heterocycles. The summed E-state index contributed by atoms with van der Waals surface area (Å²) in [6.45, 7) is 4.12. The number of hydrogen-bond acceptors (Lipinski definition) is 4. The van der Waals surface area contributed by atoms with Crippen LogP contribution in [0.1, 0.15) is 33.1 Å². The van der Waals surface area contributed by atoms with Crippen LogP contribution in [0.15, 0.2) is 6.20 Å². The van der Waals surface area contributed by atoms with E-state index in [2.05, 4.69) is 22.4 Å². The molecule has 84 valence electrons. The second kappa shape index (κ2) is 5.33. The number of nitrogens with zero attached hydrogens (tertiary/aromatic N) is 2. The topological polar surface area (TPSA) is 83.8 Å². The van der Waals surface area contributed by atoms with E-state index in [0.29, 0.717) is 5.69 Å². The Morgan fingerprint density at radius 2 is 2.47 bits per heavy atom. The maximum Gasteiger partial charge on any atom is 0.366 e. The Bertz CT molecular complexity index is 324. The minimum absolute atomic E-state index is 0.0710. The first-order valence-electron chi connectivity index (χ1n) is 5.09. The summed E-state index contributed by atoms with van der Waals surface area (Å²) in [7, 11) is 0. The van der Waals surface area contributed by atoms with Gasteiger partial charge in [-0.2, -0.15) is 0 Å². The molecule has 0 saturated carbocycles. The highest BCUT2D eigenvalue weighted by atomic mass is 16.6. The number of nitro groups is 1. The fourth-order valence-corrected chi connectivity index (χ4v) is 1.37. The summed E-state index contributed by atoms with van der Waals surface area (Å²) in [5.41, 5.74) is 0.462. The summed E-state index contributed by atoms with van der Waals surface area (Å²) in [5.74, 6) is -0.0710. The normalized spacial score (nSPS) is 12.4. The van der Waals surface area contributed by atoms with E-state index in [1.165, 1.54) is 6.20 Å². The number of unbranched alkanes of at least 4 members (excludes halogenated alkanes) is 1. The van der Waals surface area contributed by atoms with Crippen LogP contribution in [0.2, 0.25) is 0 Å². The van der Waals surface area contributed by atoms with Crippen molar-refractivity contribution in [3.8, 4) is 0 Å². The van der Waals surface area contributed by atoms with Crippen molar-refractivity contribution in [2.45, 2.75) is 39.2 Å². The van der Waals surface area contributed by atoms with Gasteiger partial charge >= 0.3 is 5.82 Å². The molecule has 1 atom stereocenters. The molecule has 0 spiro atoms. The minimum Gasteiger partial charge on any atom is -0.374 e. The minimum atomic E-state index is -0.470. The van der Waals surface area contributed by atoms with Gasteiger partial charge in [-0.15, -0.1) is 5.10 Å². The molecule has 0 aromatic carbocycles. The average Bonchev–Trinajstić information content (AvgIpc) is 2.62. The molecular weight excluding hydrogens is 196 g/mol. The molecule has 1 rings (SSSR count). The van der Waals surface area contributed by atoms with Crippen LogP contribution in [0.5, 0.6) is 0 Å². The van der Waals surface area contributed by atoms with Crippen molar-refractivity contribution < 1.29 is 4.92 Å². The van der Waals surface area contributed by atoms with Crippen molar-refractivity contribution in [1.29, 1.82) is 0 Å². The standard InChI is InChI=1S/C9H16N4O2/c1-3-4-5-7(2)11-8-6-10-12-9(8)13(14)15/h6-7,11H,3-5H2,1-2H3,(H,10,12). The molecule has 0 fully saturated rings. The highest BCUT2D eigenvalue weighted by Crippen LogP contribution is 2.21. The third-order valence-corrected chi connectivity index (χ3v) is 2.19. The fourth-order valence-electron chi connectivity index (χ4n) is 1.37. The molecule has 2 N–H and O–H groups in total. The molecule has 6 nitrogen and oxygen atoms in total. The zero-order valence-electron chi connectivity index (χ0n) is 8.99. The molecule has 1 heterocycles. The molecule has 15 heavy (non-hydrogen) atoms. The van der Waals surface area contributed by atoms with E-state index in [0.717, 1.165) is 19.3 Å². The van der Waals surface area contributed by atoms with Gasteiger partial charge in [-0.05, 0) is 18.3 Å². The van der Waals surface area contributed by atoms with Crippen LogP contribution in [0.4, 0.5) is 11.5 Å². The molecule has 0 aliphatic carbocycles. The first kappa shape index (κ1) is 11.5. The summed E-state index contributed by atoms with van der Waals surface area (Å²) < 4.78 is 0. The maximum atomic E-state index is 10.6. The average molecular weight is 212 g/mol. The lowest BCUT2D eigenvalue weighted by Crippen LogP contribution is -2.15. The van der Waals surface area contributed by atoms with Crippen LogP contribution >= 0.6 is 0 Å². The predicted octanol–water partition coefficient (Wildman–Crippen LogP) is 2.31. The van der Waals surface area contributed by atoms with Crippen molar-refractivity contribution in [3.05, 3.63) is 16.3 Å². The number of aromatic nitrogens is 2. The zero-order chi connectivity index (χ0) is 11.3. The van der Waals surface area contributed by atoms with Gasteiger partial charge in [0.15, 0.2) is 5.69 Å². The van der Waals surface area contributed by atoms with Crippen molar-refractivity contribution in [3.63, 3.8) is 0 Å². The number of H-pyrrole nitrogens is 1. The lowest BCUT2D eigenvalue weighted by molar-refractivity contribution is -0.388. The van der Waals surface area contributed by atoms with Crippen molar-refractivity contribution in [2.75, 3.05) is 5.32 Å². The Morgan fingerprint density at radius 3 is 3.07 bits per heavy atom. The third kappa shape index (κ3) is 3.23. The summed E-state index contributed by atoms with van der Waals surface area (Å²) in [5, 5.41) is 19.6. The SMILES string of the molecule is CCCCC(C)Nc1cn[nH]c1[N+](=O)[O-]. The molecule has 1 aromatic rings. The largest absolute Gasteiger partial charge is 0.374 e. The van der Waals surface area contributed by atoms with Gasteiger partial charge in [0.25, 0.3) is 0 Å². The van der Waals surface area contributed by atoms with Crippen LogP contribution in [0.25, 0.3) is 0 Å². The highest BCUT2D eigenvalue weighted by Gasteiger charge is 2.15. The summed E-state index contributed by atoms with van der Waals surface area (Å²) in [6.07, 6.45) is 4.68. The van der Waals surface area contributed by atoms with Crippen LogP contribution in [0, 0.1) is 10.1 Å². The Kier molecular flexibility index (Phi) is 4.08. The van der Waals surface area contributed by atoms with E-state index in [9.17, 15) is 10.1 Å². The Morgan fingerprint density at radius 1 is 1.73 bits per heavy atom. The van der Waals surface area contributed by atoms with Gasteiger partial charge in [0, 0.05) is 6.04 Å². The van der Waals surface area contributed by atoms with Crippen molar-refractivity contribution >= 4 is 11.5 Å². The first-order chi connectivity index (χ1) is 7.15. The zero-order valence-corrected chi connectivity index (χ0v) is 8.99. The van der Waals surface area contributed by atoms with Crippen LogP contribution < -0.4 is 5.32 Å². The van der Waals surface area contributed by atoms with Gasteiger partial charge in [0.1, 0.15) is 6.20 Å². The molecule has 0 aliphatic heterocycles. The van der Waals surface area contributed by atoms with Gasteiger partial charge in [0.2, 0.25) is 0 Å². The monoisotopic (exact) mass is 212 g/mol. The van der Waals surface area contributed by atoms with E-state index in [1.54, 1.807) is 0 Å². The van der Waals surface area contributed by atoms with Gasteiger partial charge in [-0.25, -0.2) is 0 Å². The number of nitrogens with one attached hydrogen (secondary N) is 2.